The Labute approximate surface area is 146 Å². The summed E-state index contributed by atoms with van der Waals surface area (Å²) in [5.41, 5.74) is 3.54. The zero-order valence-electron chi connectivity index (χ0n) is 16.0. The van der Waals surface area contributed by atoms with Crippen molar-refractivity contribution in [3.05, 3.63) is 29.8 Å². The Bertz CT molecular complexity index is 442. The first-order valence-corrected chi connectivity index (χ1v) is 11.5. The molecule has 0 heterocycles. The Morgan fingerprint density at radius 2 is 1.30 bits per heavy atom. The molecule has 1 aromatic rings. The predicted octanol–water partition coefficient (Wildman–Crippen LogP) is 7.01. The maximum Gasteiger partial charge on any atom is 0.123 e. The second-order valence-corrected chi connectivity index (χ2v) is 13.1. The van der Waals surface area contributed by atoms with E-state index in [0.29, 0.717) is 29.2 Å². The van der Waals surface area contributed by atoms with Crippen LogP contribution in [0.3, 0.4) is 0 Å². The van der Waals surface area contributed by atoms with Crippen LogP contribution in [0.25, 0.3) is 0 Å². The van der Waals surface area contributed by atoms with Crippen LogP contribution in [0, 0.1) is 0 Å². The Morgan fingerprint density at radius 1 is 0.783 bits per heavy atom. The smallest absolute Gasteiger partial charge is 0.123 e. The summed E-state index contributed by atoms with van der Waals surface area (Å²) in [6.45, 7) is 18.7. The molecule has 2 nitrogen and oxygen atoms in total. The molecule has 0 aliphatic heterocycles. The standard InChI is InChI=1S/C19H34O2P2/c1-14(2)22(15(3)4)20-13-18-10-9-11-19(12-18)21-23(16(5)6)17(7)8/h9-12,14-17H,13H2,1-8H3. The van der Waals surface area contributed by atoms with E-state index < -0.39 is 8.15 Å². The highest BCUT2D eigenvalue weighted by Crippen LogP contribution is 2.49. The van der Waals surface area contributed by atoms with Crippen LogP contribution in [0.1, 0.15) is 61.0 Å². The van der Waals surface area contributed by atoms with E-state index in [1.807, 2.05) is 0 Å². The van der Waals surface area contributed by atoms with Gasteiger partial charge < -0.3 is 9.05 Å². The van der Waals surface area contributed by atoms with Crippen molar-refractivity contribution in [1.29, 1.82) is 0 Å². The summed E-state index contributed by atoms with van der Waals surface area (Å²) in [6, 6.07) is 8.43. The van der Waals surface area contributed by atoms with Crippen LogP contribution in [0.15, 0.2) is 24.3 Å². The molecule has 0 saturated carbocycles. The van der Waals surface area contributed by atoms with Crippen molar-refractivity contribution >= 4 is 16.3 Å². The number of hydrogen-bond acceptors (Lipinski definition) is 2. The lowest BCUT2D eigenvalue weighted by atomic mass is 10.2. The van der Waals surface area contributed by atoms with Crippen LogP contribution in [-0.4, -0.2) is 22.6 Å². The van der Waals surface area contributed by atoms with Gasteiger partial charge in [0.15, 0.2) is 0 Å². The molecule has 0 radical (unpaired) electrons. The van der Waals surface area contributed by atoms with E-state index in [1.54, 1.807) is 0 Å². The van der Waals surface area contributed by atoms with Gasteiger partial charge in [0.1, 0.15) is 5.75 Å². The first kappa shape index (κ1) is 20.9. The van der Waals surface area contributed by atoms with Crippen LogP contribution in [-0.2, 0) is 11.1 Å². The van der Waals surface area contributed by atoms with Gasteiger partial charge in [-0.1, -0.05) is 67.5 Å². The molecule has 0 fully saturated rings. The Hall–Kier alpha value is -0.160. The van der Waals surface area contributed by atoms with Gasteiger partial charge in [-0.2, -0.15) is 0 Å². The Kier molecular flexibility index (Phi) is 9.06. The molecule has 0 amide bonds. The molecule has 0 unspecified atom stereocenters. The molecule has 132 valence electrons. The van der Waals surface area contributed by atoms with E-state index in [4.69, 9.17) is 9.05 Å². The average Bonchev–Trinajstić information content (AvgIpc) is 2.44. The predicted molar refractivity (Wildman–Crippen MR) is 106 cm³/mol. The highest BCUT2D eigenvalue weighted by atomic mass is 31.1. The molecule has 0 N–H and O–H groups in total. The normalized spacial score (nSPS) is 12.4. The molecule has 0 saturated heterocycles. The molecular formula is C19H34O2P2. The first-order chi connectivity index (χ1) is 10.7. The topological polar surface area (TPSA) is 18.5 Å². The maximum atomic E-state index is 6.29. The van der Waals surface area contributed by atoms with Gasteiger partial charge in [-0.3, -0.25) is 0 Å². The highest BCUT2D eigenvalue weighted by Gasteiger charge is 2.20. The average molecular weight is 356 g/mol. The minimum Gasteiger partial charge on any atom is -0.474 e. The van der Waals surface area contributed by atoms with E-state index in [2.05, 4.69) is 79.7 Å². The quantitative estimate of drug-likeness (QED) is 0.443. The van der Waals surface area contributed by atoms with E-state index >= 15 is 0 Å². The summed E-state index contributed by atoms with van der Waals surface area (Å²) in [5.74, 6) is 0.984. The summed E-state index contributed by atoms with van der Waals surface area (Å²) >= 11 is 0. The van der Waals surface area contributed by atoms with Crippen molar-refractivity contribution in [2.75, 3.05) is 0 Å². The minimum absolute atomic E-state index is 0.386. The zero-order valence-corrected chi connectivity index (χ0v) is 17.8. The van der Waals surface area contributed by atoms with Crippen LogP contribution < -0.4 is 4.52 Å². The number of benzene rings is 1. The fourth-order valence-electron chi connectivity index (χ4n) is 2.66. The van der Waals surface area contributed by atoms with Crippen molar-refractivity contribution in [3.63, 3.8) is 0 Å². The van der Waals surface area contributed by atoms with Crippen LogP contribution in [0.4, 0.5) is 0 Å². The summed E-state index contributed by atoms with van der Waals surface area (Å²) in [4.78, 5) is 0. The zero-order chi connectivity index (χ0) is 17.6. The first-order valence-electron chi connectivity index (χ1n) is 8.68. The summed E-state index contributed by atoms with van der Waals surface area (Å²) in [6.07, 6.45) is 0. The fourth-order valence-corrected chi connectivity index (χ4v) is 6.72. The van der Waals surface area contributed by atoms with E-state index in [9.17, 15) is 0 Å². The van der Waals surface area contributed by atoms with Crippen molar-refractivity contribution in [3.8, 4) is 5.75 Å². The van der Waals surface area contributed by atoms with Crippen LogP contribution in [0.2, 0.25) is 0 Å². The molecule has 0 aliphatic carbocycles. The molecule has 0 bridgehead atoms. The molecule has 1 rings (SSSR count). The number of rotatable bonds is 9. The molecule has 4 heteroatoms. The molecule has 0 atom stereocenters. The van der Waals surface area contributed by atoms with Crippen LogP contribution >= 0.6 is 16.3 Å². The van der Waals surface area contributed by atoms with Crippen molar-refractivity contribution in [1.82, 2.24) is 0 Å². The van der Waals surface area contributed by atoms with E-state index in [1.165, 1.54) is 5.56 Å². The Morgan fingerprint density at radius 3 is 1.78 bits per heavy atom. The lowest BCUT2D eigenvalue weighted by Crippen LogP contribution is -2.08. The largest absolute Gasteiger partial charge is 0.474 e. The monoisotopic (exact) mass is 356 g/mol. The van der Waals surface area contributed by atoms with Crippen molar-refractivity contribution in [2.45, 2.75) is 84.6 Å². The van der Waals surface area contributed by atoms with Crippen molar-refractivity contribution < 1.29 is 9.05 Å². The second-order valence-electron chi connectivity index (χ2n) is 7.11. The lowest BCUT2D eigenvalue weighted by Gasteiger charge is -2.26. The van der Waals surface area contributed by atoms with Gasteiger partial charge in [-0.15, -0.1) is 0 Å². The van der Waals surface area contributed by atoms with Gasteiger partial charge in [-0.05, 0) is 29.0 Å². The third kappa shape index (κ3) is 7.08. The summed E-state index contributed by atoms with van der Waals surface area (Å²) in [5, 5.41) is 0. The van der Waals surface area contributed by atoms with Gasteiger partial charge in [0.2, 0.25) is 0 Å². The third-order valence-corrected chi connectivity index (χ3v) is 8.45. The molecule has 0 spiro atoms. The van der Waals surface area contributed by atoms with E-state index in [-0.39, 0.29) is 8.15 Å². The molecular weight excluding hydrogens is 322 g/mol. The lowest BCUT2D eigenvalue weighted by molar-refractivity contribution is 0.333. The van der Waals surface area contributed by atoms with Gasteiger partial charge >= 0.3 is 0 Å². The summed E-state index contributed by atoms with van der Waals surface area (Å²) < 4.78 is 12.5. The van der Waals surface area contributed by atoms with Gasteiger partial charge in [0.05, 0.1) is 14.8 Å². The number of hydrogen-bond donors (Lipinski definition) is 0. The summed E-state index contributed by atoms with van der Waals surface area (Å²) in [7, 11) is -0.832. The SMILES string of the molecule is CC(C)P(OCc1cccc(OP(C(C)C)C(C)C)c1)C(C)C. The Balaban J connectivity index is 2.73. The van der Waals surface area contributed by atoms with Gasteiger partial charge in [0.25, 0.3) is 0 Å². The van der Waals surface area contributed by atoms with Gasteiger partial charge in [-0.25, -0.2) is 0 Å². The fraction of sp³-hybridized carbons (Fsp3) is 0.684. The minimum atomic E-state index is -0.446. The highest BCUT2D eigenvalue weighted by molar-refractivity contribution is 7.54. The van der Waals surface area contributed by atoms with Crippen LogP contribution in [0.5, 0.6) is 5.75 Å². The van der Waals surface area contributed by atoms with Crippen molar-refractivity contribution in [2.24, 2.45) is 0 Å². The van der Waals surface area contributed by atoms with Gasteiger partial charge in [0, 0.05) is 19.5 Å². The third-order valence-electron chi connectivity index (χ3n) is 3.53. The molecule has 0 aromatic heterocycles. The molecule has 0 aliphatic rings. The maximum absolute atomic E-state index is 6.29. The van der Waals surface area contributed by atoms with E-state index in [0.717, 1.165) is 5.75 Å². The second kappa shape index (κ2) is 9.97. The molecule has 23 heavy (non-hydrogen) atoms. The molecule has 1 aromatic carbocycles.